The van der Waals surface area contributed by atoms with Crippen LogP contribution in [0.25, 0.3) is 10.9 Å². The Morgan fingerprint density at radius 2 is 2.03 bits per heavy atom. The van der Waals surface area contributed by atoms with Crippen LogP contribution in [-0.2, 0) is 11.3 Å². The van der Waals surface area contributed by atoms with E-state index < -0.39 is 0 Å². The van der Waals surface area contributed by atoms with E-state index in [1.165, 1.54) is 4.90 Å². The molecule has 29 heavy (non-hydrogen) atoms. The summed E-state index contributed by atoms with van der Waals surface area (Å²) >= 11 is 5.61. The third-order valence-corrected chi connectivity index (χ3v) is 5.09. The second-order valence-corrected chi connectivity index (χ2v) is 7.77. The third-order valence-electron chi connectivity index (χ3n) is 4.68. The van der Waals surface area contributed by atoms with Crippen LogP contribution >= 0.6 is 12.2 Å². The lowest BCUT2D eigenvalue weighted by Gasteiger charge is -2.26. The van der Waals surface area contributed by atoms with Gasteiger partial charge in [-0.05, 0) is 42.2 Å². The highest BCUT2D eigenvalue weighted by atomic mass is 32.1. The molecule has 8 heteroatoms. The largest absolute Gasteiger partial charge is 0.497 e. The Bertz CT molecular complexity index is 853. The summed E-state index contributed by atoms with van der Waals surface area (Å²) in [6.45, 7) is 3.73. The quantitative estimate of drug-likeness (QED) is 0.368. The number of quaternary nitrogens is 1. The van der Waals surface area contributed by atoms with Gasteiger partial charge in [0.25, 0.3) is 5.56 Å². The van der Waals surface area contributed by atoms with E-state index in [0.717, 1.165) is 49.1 Å². The van der Waals surface area contributed by atoms with Crippen LogP contribution in [0.15, 0.2) is 29.1 Å². The first-order valence-electron chi connectivity index (χ1n) is 9.95. The van der Waals surface area contributed by atoms with Crippen molar-refractivity contribution in [1.29, 1.82) is 0 Å². The summed E-state index contributed by atoms with van der Waals surface area (Å²) in [7, 11) is 7.57. The molecule has 0 atom stereocenters. The molecule has 1 heterocycles. The van der Waals surface area contributed by atoms with Crippen molar-refractivity contribution in [3.63, 3.8) is 0 Å². The predicted octanol–water partition coefficient (Wildman–Crippen LogP) is 0.784. The molecule has 0 aliphatic heterocycles. The fourth-order valence-corrected chi connectivity index (χ4v) is 3.33. The first-order chi connectivity index (χ1) is 13.9. The maximum Gasteiger partial charge on any atom is 0.253 e. The van der Waals surface area contributed by atoms with Crippen molar-refractivity contribution in [2.75, 3.05) is 54.6 Å². The molecule has 1 aromatic heterocycles. The van der Waals surface area contributed by atoms with E-state index in [1.54, 1.807) is 14.2 Å². The number of H-pyrrole nitrogens is 1. The van der Waals surface area contributed by atoms with Crippen LogP contribution in [0.5, 0.6) is 5.75 Å². The highest BCUT2D eigenvalue weighted by molar-refractivity contribution is 7.80. The standard InChI is InChI=1S/C21H32N4O3S/c1-24(2)10-6-11-25(21(29)22-9-5-12-27-3)15-17-13-16-7-8-18(28-4)14-19(16)23-20(17)26/h7-8,13-14H,5-6,9-12,15H2,1-4H3,(H,22,29)(H,23,26)/p+1. The number of benzene rings is 1. The third kappa shape index (κ3) is 7.30. The van der Waals surface area contributed by atoms with E-state index >= 15 is 0 Å². The molecular weight excluding hydrogens is 388 g/mol. The zero-order chi connectivity index (χ0) is 21.2. The molecule has 0 aliphatic carbocycles. The highest BCUT2D eigenvalue weighted by Crippen LogP contribution is 2.19. The Morgan fingerprint density at radius 1 is 1.24 bits per heavy atom. The average molecular weight is 422 g/mol. The summed E-state index contributed by atoms with van der Waals surface area (Å²) in [6, 6.07) is 7.62. The fraction of sp³-hybridized carbons (Fsp3) is 0.524. The van der Waals surface area contributed by atoms with E-state index in [9.17, 15) is 4.79 Å². The Labute approximate surface area is 178 Å². The van der Waals surface area contributed by atoms with Crippen molar-refractivity contribution in [2.24, 2.45) is 0 Å². The number of hydrogen-bond acceptors (Lipinski definition) is 4. The molecule has 160 valence electrons. The lowest BCUT2D eigenvalue weighted by atomic mass is 10.1. The zero-order valence-corrected chi connectivity index (χ0v) is 18.7. The highest BCUT2D eigenvalue weighted by Gasteiger charge is 2.14. The molecule has 0 amide bonds. The van der Waals surface area contributed by atoms with Gasteiger partial charge in [-0.15, -0.1) is 0 Å². The number of thiocarbonyl (C=S) groups is 1. The van der Waals surface area contributed by atoms with Gasteiger partial charge in [-0.25, -0.2) is 0 Å². The van der Waals surface area contributed by atoms with Crippen LogP contribution in [0, 0.1) is 0 Å². The number of pyridine rings is 1. The van der Waals surface area contributed by atoms with Crippen LogP contribution < -0.4 is 20.5 Å². The van der Waals surface area contributed by atoms with Gasteiger partial charge in [-0.2, -0.15) is 0 Å². The molecule has 0 aliphatic rings. The average Bonchev–Trinajstić information content (AvgIpc) is 2.70. The summed E-state index contributed by atoms with van der Waals surface area (Å²) in [5.74, 6) is 0.718. The van der Waals surface area contributed by atoms with Crippen molar-refractivity contribution in [3.8, 4) is 5.75 Å². The number of nitrogens with one attached hydrogen (secondary N) is 3. The number of hydrogen-bond donors (Lipinski definition) is 3. The van der Waals surface area contributed by atoms with Gasteiger partial charge in [0, 0.05) is 44.9 Å². The van der Waals surface area contributed by atoms with E-state index in [2.05, 4.69) is 29.3 Å². The summed E-state index contributed by atoms with van der Waals surface area (Å²) < 4.78 is 10.3. The molecule has 0 spiro atoms. The zero-order valence-electron chi connectivity index (χ0n) is 17.8. The Morgan fingerprint density at radius 3 is 2.72 bits per heavy atom. The van der Waals surface area contributed by atoms with Gasteiger partial charge in [-0.3, -0.25) is 4.79 Å². The summed E-state index contributed by atoms with van der Waals surface area (Å²) in [4.78, 5) is 19.1. The second kappa shape index (κ2) is 11.7. The van der Waals surface area contributed by atoms with E-state index in [1.807, 2.05) is 24.3 Å². The number of ether oxygens (including phenoxy) is 2. The molecule has 1 aromatic carbocycles. The number of aromatic nitrogens is 1. The lowest BCUT2D eigenvalue weighted by Crippen LogP contribution is -3.05. The maximum atomic E-state index is 12.7. The minimum Gasteiger partial charge on any atom is -0.497 e. The first-order valence-corrected chi connectivity index (χ1v) is 10.4. The molecule has 0 fully saturated rings. The monoisotopic (exact) mass is 421 g/mol. The van der Waals surface area contributed by atoms with E-state index in [4.69, 9.17) is 21.7 Å². The van der Waals surface area contributed by atoms with Gasteiger partial charge in [0.15, 0.2) is 5.11 Å². The summed E-state index contributed by atoms with van der Waals surface area (Å²) in [5.41, 5.74) is 1.36. The first kappa shape index (κ1) is 23.1. The van der Waals surface area contributed by atoms with Gasteiger partial charge in [0.05, 0.1) is 39.8 Å². The lowest BCUT2D eigenvalue weighted by molar-refractivity contribution is -0.858. The molecule has 0 radical (unpaired) electrons. The van der Waals surface area contributed by atoms with Gasteiger partial charge in [-0.1, -0.05) is 0 Å². The van der Waals surface area contributed by atoms with E-state index in [-0.39, 0.29) is 5.56 Å². The van der Waals surface area contributed by atoms with Gasteiger partial charge in [0.2, 0.25) is 0 Å². The molecule has 0 saturated carbocycles. The normalized spacial score (nSPS) is 11.1. The van der Waals surface area contributed by atoms with Crippen molar-refractivity contribution in [1.82, 2.24) is 15.2 Å². The molecule has 2 rings (SSSR count). The topological polar surface area (TPSA) is 71.0 Å². The van der Waals surface area contributed by atoms with Gasteiger partial charge in [0.1, 0.15) is 5.75 Å². The van der Waals surface area contributed by atoms with Crippen molar-refractivity contribution >= 4 is 28.2 Å². The molecule has 0 bridgehead atoms. The molecule has 3 N–H and O–H groups in total. The second-order valence-electron chi connectivity index (χ2n) is 7.39. The van der Waals surface area contributed by atoms with Crippen LogP contribution in [-0.4, -0.2) is 69.6 Å². The fourth-order valence-electron chi connectivity index (χ4n) is 3.07. The van der Waals surface area contributed by atoms with Crippen molar-refractivity contribution < 1.29 is 14.4 Å². The van der Waals surface area contributed by atoms with Gasteiger partial charge < -0.3 is 29.6 Å². The Kier molecular flexibility index (Phi) is 9.37. The van der Waals surface area contributed by atoms with Crippen molar-refractivity contribution in [3.05, 3.63) is 40.2 Å². The number of nitrogens with zero attached hydrogens (tertiary/aromatic N) is 1. The molecular formula is C21H33N4O3S+. The molecule has 0 saturated heterocycles. The van der Waals surface area contributed by atoms with Crippen LogP contribution in [0.4, 0.5) is 0 Å². The SMILES string of the molecule is COCCCNC(=S)N(CCC[NH+](C)C)Cc1cc2ccc(OC)cc2[nH]c1=O. The number of rotatable bonds is 11. The summed E-state index contributed by atoms with van der Waals surface area (Å²) in [5, 5.41) is 4.93. The van der Waals surface area contributed by atoms with Crippen molar-refractivity contribution in [2.45, 2.75) is 19.4 Å². The molecule has 7 nitrogen and oxygen atoms in total. The molecule has 0 unspecified atom stereocenters. The predicted molar refractivity (Wildman–Crippen MR) is 121 cm³/mol. The van der Waals surface area contributed by atoms with Crippen LogP contribution in [0.1, 0.15) is 18.4 Å². The van der Waals surface area contributed by atoms with Crippen LogP contribution in [0.3, 0.4) is 0 Å². The summed E-state index contributed by atoms with van der Waals surface area (Å²) in [6.07, 6.45) is 1.87. The minimum atomic E-state index is -0.101. The number of fused-ring (bicyclic) bond motifs is 1. The number of methoxy groups -OCH3 is 2. The molecule has 2 aromatic rings. The minimum absolute atomic E-state index is 0.101. The number of aromatic amines is 1. The maximum absolute atomic E-state index is 12.7. The Hall–Kier alpha value is -2.16. The smallest absolute Gasteiger partial charge is 0.253 e. The van der Waals surface area contributed by atoms with Crippen LogP contribution in [0.2, 0.25) is 0 Å². The van der Waals surface area contributed by atoms with Gasteiger partial charge >= 0.3 is 0 Å². The van der Waals surface area contributed by atoms with E-state index in [0.29, 0.717) is 23.8 Å². The Balaban J connectivity index is 2.16.